The van der Waals surface area contributed by atoms with E-state index in [2.05, 4.69) is 83.5 Å². The van der Waals surface area contributed by atoms with Crippen LogP contribution in [0.5, 0.6) is 0 Å². The molecule has 53 heavy (non-hydrogen) atoms. The molecule has 278 valence electrons. The van der Waals surface area contributed by atoms with E-state index in [1.807, 2.05) is 29.9 Å². The van der Waals surface area contributed by atoms with E-state index >= 15 is 0 Å². The monoisotopic (exact) mass is 736 g/mol. The van der Waals surface area contributed by atoms with Crippen molar-refractivity contribution in [1.29, 1.82) is 0 Å². The summed E-state index contributed by atoms with van der Waals surface area (Å²) in [5.41, 5.74) is 5.65. The molecule has 3 N–H and O–H groups in total. The number of piperidine rings is 2. The van der Waals surface area contributed by atoms with Gasteiger partial charge in [-0.25, -0.2) is 9.29 Å². The number of amides is 3. The van der Waals surface area contributed by atoms with Gasteiger partial charge in [-0.15, -0.1) is 0 Å². The van der Waals surface area contributed by atoms with Crippen LogP contribution in [0, 0.1) is 6.92 Å². The summed E-state index contributed by atoms with van der Waals surface area (Å²) in [5.74, 6) is 2.29. The van der Waals surface area contributed by atoms with Crippen LogP contribution >= 0.6 is 11.9 Å². The van der Waals surface area contributed by atoms with Crippen molar-refractivity contribution in [3.63, 3.8) is 0 Å². The zero-order valence-corrected chi connectivity index (χ0v) is 31.5. The lowest BCUT2D eigenvalue weighted by Crippen LogP contribution is -2.36. The predicted octanol–water partition coefficient (Wildman–Crippen LogP) is 4.72. The second kappa shape index (κ2) is 14.7. The van der Waals surface area contributed by atoms with Gasteiger partial charge in [0.1, 0.15) is 5.82 Å². The summed E-state index contributed by atoms with van der Waals surface area (Å²) in [4.78, 5) is 50.7. The molecule has 4 aliphatic rings. The molecule has 0 radical (unpaired) electrons. The number of rotatable bonds is 12. The van der Waals surface area contributed by atoms with E-state index < -0.39 is 0 Å². The highest BCUT2D eigenvalue weighted by Gasteiger charge is 2.57. The summed E-state index contributed by atoms with van der Waals surface area (Å²) >= 11 is 1.87. The molecule has 4 aromatic rings. The third-order valence-corrected chi connectivity index (χ3v) is 13.0. The number of carbonyl (C=O) groups excluding carboxylic acids is 3. The van der Waals surface area contributed by atoms with Gasteiger partial charge in [-0.1, -0.05) is 18.2 Å². The molecular weight excluding hydrogens is 689 g/mol. The van der Waals surface area contributed by atoms with Crippen molar-refractivity contribution in [2.24, 2.45) is 7.05 Å². The number of anilines is 3. The summed E-state index contributed by atoms with van der Waals surface area (Å²) in [5, 5.41) is 14.7. The third kappa shape index (κ3) is 7.11. The van der Waals surface area contributed by atoms with Crippen LogP contribution in [0.25, 0.3) is 10.9 Å². The van der Waals surface area contributed by atoms with E-state index in [0.29, 0.717) is 29.5 Å². The lowest BCUT2D eigenvalue weighted by atomic mass is 9.88. The highest BCUT2D eigenvalue weighted by atomic mass is 32.2. The summed E-state index contributed by atoms with van der Waals surface area (Å²) in [6, 6.07) is 13.5. The number of hydrogen-bond acceptors (Lipinski definition) is 10. The van der Waals surface area contributed by atoms with Gasteiger partial charge in [0, 0.05) is 74.8 Å². The summed E-state index contributed by atoms with van der Waals surface area (Å²) in [6.45, 7) is 7.52. The molecular formula is C39H48N10O3S. The van der Waals surface area contributed by atoms with Crippen molar-refractivity contribution in [1.82, 2.24) is 34.3 Å². The number of aryl methyl sites for hydroxylation is 1. The van der Waals surface area contributed by atoms with Gasteiger partial charge in [-0.3, -0.25) is 28.9 Å². The Hall–Kier alpha value is -4.53. The van der Waals surface area contributed by atoms with E-state index in [-0.39, 0.29) is 30.2 Å². The maximum atomic E-state index is 12.4. The molecule has 3 aliphatic heterocycles. The number of aromatic nitrogens is 4. The van der Waals surface area contributed by atoms with Crippen molar-refractivity contribution < 1.29 is 14.4 Å². The first-order valence-corrected chi connectivity index (χ1v) is 19.6. The molecule has 13 nitrogen and oxygen atoms in total. The molecule has 5 heterocycles. The zero-order chi connectivity index (χ0) is 36.7. The fraction of sp³-hybridized carbons (Fsp3) is 0.487. The maximum Gasteiger partial charge on any atom is 0.236 e. The summed E-state index contributed by atoms with van der Waals surface area (Å²) in [7, 11) is 3.50. The summed E-state index contributed by atoms with van der Waals surface area (Å²) < 4.78 is 4.31. The smallest absolute Gasteiger partial charge is 0.236 e. The van der Waals surface area contributed by atoms with Crippen molar-refractivity contribution in [3.05, 3.63) is 64.8 Å². The topological polar surface area (TPSA) is 141 Å². The molecule has 2 aromatic heterocycles. The number of carbonyl (C=O) groups is 3. The van der Waals surface area contributed by atoms with Crippen LogP contribution in [0.1, 0.15) is 73.1 Å². The van der Waals surface area contributed by atoms with Gasteiger partial charge in [0.05, 0.1) is 10.9 Å². The van der Waals surface area contributed by atoms with E-state index in [4.69, 9.17) is 0 Å². The standard InChI is InChI=1S/C39H48N10O3S/c1-25-28(5-4-6-33(25)53-49-19-11-29(12-20-49)42-38-41-22-31-35(44-38)43-37(52)39(31)14-15-39)23-47-16-9-26(10-17-47)27-7-8-30-32(21-27)46(3)45-36(30)48(24-50)18-13-34(51)40-2/h4-8,21-22,24,26,29H,9-20,23H2,1-3H3,(H,40,51)(H2,41,42,43,44,52). The van der Waals surface area contributed by atoms with E-state index in [9.17, 15) is 14.4 Å². The zero-order valence-electron chi connectivity index (χ0n) is 30.7. The van der Waals surface area contributed by atoms with Gasteiger partial charge in [-0.2, -0.15) is 10.1 Å². The first kappa shape index (κ1) is 35.5. The largest absolute Gasteiger partial charge is 0.359 e. The van der Waals surface area contributed by atoms with Gasteiger partial charge in [0.2, 0.25) is 24.2 Å². The lowest BCUT2D eigenvalue weighted by Gasteiger charge is -2.33. The van der Waals surface area contributed by atoms with Crippen LogP contribution in [0.3, 0.4) is 0 Å². The van der Waals surface area contributed by atoms with E-state index in [1.165, 1.54) is 26.5 Å². The van der Waals surface area contributed by atoms with Gasteiger partial charge in [-0.05, 0) is 111 Å². The van der Waals surface area contributed by atoms with E-state index in [1.54, 1.807) is 7.05 Å². The molecule has 14 heteroatoms. The Labute approximate surface area is 314 Å². The second-order valence-corrected chi connectivity index (χ2v) is 16.1. The number of nitrogens with zero attached hydrogens (tertiary/aromatic N) is 7. The minimum Gasteiger partial charge on any atom is -0.359 e. The Balaban J connectivity index is 0.827. The minimum atomic E-state index is -0.354. The SMILES string of the molecule is CNC(=O)CCN(C=O)c1nn(C)c2cc(C3CCN(Cc4cccc(SN5CCC(Nc6ncc7c(n6)NC(=O)C76CC6)CC5)c4C)CC3)ccc12. The Morgan fingerprint density at radius 3 is 2.64 bits per heavy atom. The van der Waals surface area contributed by atoms with Crippen LogP contribution in [0.2, 0.25) is 0 Å². The van der Waals surface area contributed by atoms with Crippen LogP contribution in [-0.2, 0) is 33.4 Å². The Morgan fingerprint density at radius 1 is 1.11 bits per heavy atom. The van der Waals surface area contributed by atoms with Crippen molar-refractivity contribution in [2.45, 2.75) is 80.7 Å². The molecule has 3 fully saturated rings. The number of hydrogen-bond donors (Lipinski definition) is 3. The van der Waals surface area contributed by atoms with Crippen molar-refractivity contribution >= 4 is 58.7 Å². The molecule has 0 atom stereocenters. The second-order valence-electron chi connectivity index (χ2n) is 15.0. The Kier molecular flexibility index (Phi) is 9.85. The van der Waals surface area contributed by atoms with Gasteiger partial charge < -0.3 is 16.0 Å². The van der Waals surface area contributed by atoms with E-state index in [0.717, 1.165) is 94.1 Å². The summed E-state index contributed by atoms with van der Waals surface area (Å²) in [6.07, 6.45) is 8.78. The van der Waals surface area contributed by atoms with Crippen LogP contribution in [0.4, 0.5) is 17.6 Å². The highest BCUT2D eigenvalue weighted by Crippen LogP contribution is 2.54. The van der Waals surface area contributed by atoms with Crippen molar-refractivity contribution in [2.75, 3.05) is 55.3 Å². The van der Waals surface area contributed by atoms with Gasteiger partial charge in [0.25, 0.3) is 0 Å². The molecule has 3 amide bonds. The predicted molar refractivity (Wildman–Crippen MR) is 207 cm³/mol. The maximum absolute atomic E-state index is 12.4. The third-order valence-electron chi connectivity index (χ3n) is 11.7. The molecule has 0 unspecified atom stereocenters. The first-order chi connectivity index (χ1) is 25.7. The van der Waals surface area contributed by atoms with Gasteiger partial charge in [0.15, 0.2) is 5.82 Å². The number of benzene rings is 2. The van der Waals surface area contributed by atoms with Gasteiger partial charge >= 0.3 is 0 Å². The number of likely N-dealkylation sites (tertiary alicyclic amines) is 1. The minimum absolute atomic E-state index is 0.0714. The molecule has 1 aliphatic carbocycles. The van der Waals surface area contributed by atoms with Crippen LogP contribution < -0.4 is 20.9 Å². The average molecular weight is 737 g/mol. The average Bonchev–Trinajstić information content (AvgIpc) is 3.86. The fourth-order valence-electron chi connectivity index (χ4n) is 8.15. The van der Waals surface area contributed by atoms with Crippen LogP contribution in [-0.4, -0.2) is 93.0 Å². The Bertz CT molecular complexity index is 2030. The highest BCUT2D eigenvalue weighted by molar-refractivity contribution is 7.97. The Morgan fingerprint density at radius 2 is 1.91 bits per heavy atom. The molecule has 8 rings (SSSR count). The lowest BCUT2D eigenvalue weighted by molar-refractivity contribution is -0.120. The first-order valence-electron chi connectivity index (χ1n) is 18.8. The fourth-order valence-corrected chi connectivity index (χ4v) is 9.23. The molecule has 2 aromatic carbocycles. The molecule has 1 saturated carbocycles. The number of nitrogens with one attached hydrogen (secondary N) is 3. The van der Waals surface area contributed by atoms with Crippen LogP contribution in [0.15, 0.2) is 47.5 Å². The molecule has 1 spiro atoms. The van der Waals surface area contributed by atoms with Crippen molar-refractivity contribution in [3.8, 4) is 0 Å². The molecule has 0 bridgehead atoms. The molecule has 2 saturated heterocycles. The number of fused-ring (bicyclic) bond motifs is 3. The quantitative estimate of drug-likeness (QED) is 0.138. The normalized spacial score (nSPS) is 19.0.